The number of thiazole rings is 1. The van der Waals surface area contributed by atoms with Gasteiger partial charge in [0.25, 0.3) is 5.91 Å². The number of carbonyl (C=O) groups is 2. The Morgan fingerprint density at radius 1 is 1.07 bits per heavy atom. The average molecular weight is 387 g/mol. The molecule has 0 fully saturated rings. The Bertz CT molecular complexity index is 987. The van der Waals surface area contributed by atoms with Crippen molar-refractivity contribution in [1.82, 2.24) is 10.3 Å². The first-order valence-corrected chi connectivity index (χ1v) is 8.81. The zero-order chi connectivity index (χ0) is 19.4. The highest BCUT2D eigenvalue weighted by Gasteiger charge is 2.13. The lowest BCUT2D eigenvalue weighted by molar-refractivity contribution is -0.115. The van der Waals surface area contributed by atoms with Crippen molar-refractivity contribution in [1.29, 1.82) is 0 Å². The number of aromatic nitrogens is 1. The Labute approximate surface area is 158 Å². The molecule has 0 spiro atoms. The van der Waals surface area contributed by atoms with Gasteiger partial charge in [-0.2, -0.15) is 0 Å². The topological polar surface area (TPSA) is 71.1 Å². The summed E-state index contributed by atoms with van der Waals surface area (Å²) >= 11 is 1.28. The maximum absolute atomic E-state index is 13.1. The first-order valence-electron chi connectivity index (χ1n) is 7.99. The van der Waals surface area contributed by atoms with Crippen molar-refractivity contribution in [3.05, 3.63) is 70.6 Å². The minimum Gasteiger partial charge on any atom is -0.343 e. The van der Waals surface area contributed by atoms with E-state index in [0.29, 0.717) is 10.8 Å². The molecule has 0 atom stereocenters. The van der Waals surface area contributed by atoms with Crippen LogP contribution in [0.15, 0.2) is 48.5 Å². The summed E-state index contributed by atoms with van der Waals surface area (Å²) < 4.78 is 26.2. The minimum atomic E-state index is -0.549. The highest BCUT2D eigenvalue weighted by Crippen LogP contribution is 2.30. The lowest BCUT2D eigenvalue weighted by atomic mass is 10.1. The quantitative estimate of drug-likeness (QED) is 0.700. The van der Waals surface area contributed by atoms with Gasteiger partial charge in [0.05, 0.1) is 12.2 Å². The zero-order valence-corrected chi connectivity index (χ0v) is 15.1. The maximum atomic E-state index is 13.1. The summed E-state index contributed by atoms with van der Waals surface area (Å²) in [5, 5.41) is 5.40. The number of benzene rings is 2. The Kier molecular flexibility index (Phi) is 5.56. The molecule has 3 aromatic rings. The third-order valence-corrected chi connectivity index (χ3v) is 4.54. The number of amides is 2. The van der Waals surface area contributed by atoms with Crippen LogP contribution in [-0.2, 0) is 4.79 Å². The molecule has 0 bridgehead atoms. The van der Waals surface area contributed by atoms with Crippen LogP contribution in [0.4, 0.5) is 13.9 Å². The van der Waals surface area contributed by atoms with Crippen LogP contribution in [0.1, 0.15) is 15.2 Å². The molecule has 8 heteroatoms. The van der Waals surface area contributed by atoms with Crippen molar-refractivity contribution in [3.8, 4) is 11.3 Å². The summed E-state index contributed by atoms with van der Waals surface area (Å²) in [6.45, 7) is 1.57. The van der Waals surface area contributed by atoms with Crippen LogP contribution in [-0.4, -0.2) is 23.3 Å². The molecule has 0 saturated heterocycles. The fraction of sp³-hybridized carbons (Fsp3) is 0.105. The van der Waals surface area contributed by atoms with Crippen molar-refractivity contribution in [2.24, 2.45) is 0 Å². The Balaban J connectivity index is 1.60. The van der Waals surface area contributed by atoms with Crippen molar-refractivity contribution >= 4 is 28.3 Å². The number of hydrogen-bond donors (Lipinski definition) is 2. The standard InChI is InChI=1S/C19H15F2N3O2S/c1-11-17(12-5-7-14(20)8-6-12)24-19(27-11)23-16(25)10-22-18(26)13-3-2-4-15(21)9-13/h2-9H,10H2,1H3,(H,22,26)(H,23,24,25). The highest BCUT2D eigenvalue weighted by molar-refractivity contribution is 7.16. The number of rotatable bonds is 5. The second kappa shape index (κ2) is 8.05. The number of halogens is 2. The fourth-order valence-electron chi connectivity index (χ4n) is 2.38. The molecule has 0 saturated carbocycles. The molecule has 0 unspecified atom stereocenters. The summed E-state index contributed by atoms with van der Waals surface area (Å²) in [5.74, 6) is -1.88. The lowest BCUT2D eigenvalue weighted by Gasteiger charge is -2.05. The second-order valence-corrected chi connectivity index (χ2v) is 6.88. The third-order valence-electron chi connectivity index (χ3n) is 3.66. The van der Waals surface area contributed by atoms with Gasteiger partial charge in [-0.05, 0) is 49.4 Å². The molecule has 138 valence electrons. The largest absolute Gasteiger partial charge is 0.343 e. The number of nitrogens with one attached hydrogen (secondary N) is 2. The van der Waals surface area contributed by atoms with Gasteiger partial charge in [-0.15, -0.1) is 11.3 Å². The number of nitrogens with zero attached hydrogens (tertiary/aromatic N) is 1. The third kappa shape index (κ3) is 4.73. The van der Waals surface area contributed by atoms with Crippen LogP contribution >= 0.6 is 11.3 Å². The van der Waals surface area contributed by atoms with Crippen LogP contribution in [0.2, 0.25) is 0 Å². The van der Waals surface area contributed by atoms with Crippen molar-refractivity contribution in [3.63, 3.8) is 0 Å². The molecule has 0 aliphatic rings. The molecule has 5 nitrogen and oxygen atoms in total. The van der Waals surface area contributed by atoms with E-state index in [2.05, 4.69) is 15.6 Å². The summed E-state index contributed by atoms with van der Waals surface area (Å²) in [6.07, 6.45) is 0. The van der Waals surface area contributed by atoms with Crippen LogP contribution < -0.4 is 10.6 Å². The van der Waals surface area contributed by atoms with Crippen molar-refractivity contribution in [2.75, 3.05) is 11.9 Å². The fourth-order valence-corrected chi connectivity index (χ4v) is 3.23. The van der Waals surface area contributed by atoms with Gasteiger partial charge in [0.2, 0.25) is 5.91 Å². The first kappa shape index (κ1) is 18.7. The number of anilines is 1. The van der Waals surface area contributed by atoms with E-state index in [0.717, 1.165) is 16.5 Å². The van der Waals surface area contributed by atoms with Gasteiger partial charge in [-0.3, -0.25) is 9.59 Å². The molecule has 0 radical (unpaired) electrons. The number of carbonyl (C=O) groups excluding carboxylic acids is 2. The van der Waals surface area contributed by atoms with Crippen molar-refractivity contribution in [2.45, 2.75) is 6.92 Å². The number of aryl methyl sites for hydroxylation is 1. The van der Waals surface area contributed by atoms with E-state index in [1.54, 1.807) is 12.1 Å². The van der Waals surface area contributed by atoms with Gasteiger partial charge in [0.15, 0.2) is 5.13 Å². The molecule has 3 rings (SSSR count). The smallest absolute Gasteiger partial charge is 0.251 e. The highest BCUT2D eigenvalue weighted by atomic mass is 32.1. The molecule has 1 heterocycles. The first-order chi connectivity index (χ1) is 12.9. The lowest BCUT2D eigenvalue weighted by Crippen LogP contribution is -2.32. The van der Waals surface area contributed by atoms with E-state index in [-0.39, 0.29) is 17.9 Å². The van der Waals surface area contributed by atoms with Gasteiger partial charge in [0, 0.05) is 16.0 Å². The minimum absolute atomic E-state index is 0.131. The molecule has 2 amide bonds. The summed E-state index contributed by atoms with van der Waals surface area (Å²) in [4.78, 5) is 29.2. The summed E-state index contributed by atoms with van der Waals surface area (Å²) in [7, 11) is 0. The summed E-state index contributed by atoms with van der Waals surface area (Å²) in [5.41, 5.74) is 1.52. The van der Waals surface area contributed by atoms with Gasteiger partial charge < -0.3 is 10.6 Å². The monoisotopic (exact) mass is 387 g/mol. The SMILES string of the molecule is Cc1sc(NC(=O)CNC(=O)c2cccc(F)c2)nc1-c1ccc(F)cc1. The molecule has 0 aliphatic carbocycles. The van der Waals surface area contributed by atoms with Crippen LogP contribution in [0.3, 0.4) is 0 Å². The molecular formula is C19H15F2N3O2S. The molecule has 2 N–H and O–H groups in total. The molecule has 1 aromatic heterocycles. The van der Waals surface area contributed by atoms with Gasteiger partial charge in [-0.25, -0.2) is 13.8 Å². The van der Waals surface area contributed by atoms with Crippen LogP contribution in [0.25, 0.3) is 11.3 Å². The van der Waals surface area contributed by atoms with Gasteiger partial charge >= 0.3 is 0 Å². The van der Waals surface area contributed by atoms with Crippen LogP contribution in [0.5, 0.6) is 0 Å². The van der Waals surface area contributed by atoms with E-state index < -0.39 is 17.6 Å². The van der Waals surface area contributed by atoms with Crippen LogP contribution in [0, 0.1) is 18.6 Å². The molecule has 27 heavy (non-hydrogen) atoms. The van der Waals surface area contributed by atoms with E-state index in [9.17, 15) is 18.4 Å². The van der Waals surface area contributed by atoms with Gasteiger partial charge in [0.1, 0.15) is 11.6 Å². The predicted molar refractivity (Wildman–Crippen MR) is 99.6 cm³/mol. The van der Waals surface area contributed by atoms with E-state index in [1.165, 1.54) is 41.7 Å². The Morgan fingerprint density at radius 3 is 2.52 bits per heavy atom. The van der Waals surface area contributed by atoms with Crippen molar-refractivity contribution < 1.29 is 18.4 Å². The van der Waals surface area contributed by atoms with E-state index in [4.69, 9.17) is 0 Å². The Hall–Kier alpha value is -3.13. The molecular weight excluding hydrogens is 372 g/mol. The van der Waals surface area contributed by atoms with E-state index >= 15 is 0 Å². The Morgan fingerprint density at radius 2 is 1.81 bits per heavy atom. The zero-order valence-electron chi connectivity index (χ0n) is 14.3. The average Bonchev–Trinajstić information content (AvgIpc) is 3.00. The summed E-state index contributed by atoms with van der Waals surface area (Å²) in [6, 6.07) is 11.1. The number of hydrogen-bond acceptors (Lipinski definition) is 4. The predicted octanol–water partition coefficient (Wildman–Crippen LogP) is 3.77. The molecule has 2 aromatic carbocycles. The van der Waals surface area contributed by atoms with Gasteiger partial charge in [-0.1, -0.05) is 6.07 Å². The molecule has 0 aliphatic heterocycles. The maximum Gasteiger partial charge on any atom is 0.251 e. The second-order valence-electron chi connectivity index (χ2n) is 5.67. The normalized spacial score (nSPS) is 10.5. The van der Waals surface area contributed by atoms with E-state index in [1.807, 2.05) is 6.92 Å².